The van der Waals surface area contributed by atoms with Crippen molar-refractivity contribution >= 4 is 31.5 Å². The second-order valence-electron chi connectivity index (χ2n) is 9.54. The molecule has 1 aliphatic rings. The summed E-state index contributed by atoms with van der Waals surface area (Å²) in [4.78, 5) is 4.84. The van der Waals surface area contributed by atoms with Crippen molar-refractivity contribution in [3.05, 3.63) is 90.1 Å². The van der Waals surface area contributed by atoms with Gasteiger partial charge >= 0.3 is 0 Å². The fourth-order valence-corrected chi connectivity index (χ4v) is 7.02. The van der Waals surface area contributed by atoms with Crippen molar-refractivity contribution in [1.82, 2.24) is 4.98 Å². The molecule has 0 aliphatic heterocycles. The first-order valence-corrected chi connectivity index (χ1v) is 13.0. The minimum absolute atomic E-state index is 0.838. The molecule has 2 aromatic heterocycles. The van der Waals surface area contributed by atoms with Crippen LogP contribution >= 0.6 is 11.3 Å². The number of aromatic nitrogens is 1. The molecule has 6 rings (SSSR count). The van der Waals surface area contributed by atoms with Crippen LogP contribution in [0.25, 0.3) is 42.6 Å². The number of thiophene rings is 1. The van der Waals surface area contributed by atoms with Gasteiger partial charge in [-0.15, -0.1) is 11.3 Å². The van der Waals surface area contributed by atoms with E-state index in [1.807, 2.05) is 17.5 Å². The van der Waals surface area contributed by atoms with E-state index in [0.717, 1.165) is 11.6 Å². The van der Waals surface area contributed by atoms with E-state index in [1.54, 1.807) is 0 Å². The number of rotatable bonds is 4. The molecule has 0 N–H and O–H groups in total. The van der Waals surface area contributed by atoms with Crippen LogP contribution in [-0.4, -0.2) is 4.98 Å². The second-order valence-corrected chi connectivity index (χ2v) is 10.6. The molecule has 3 aromatic carbocycles. The highest BCUT2D eigenvalue weighted by atomic mass is 32.1. The Morgan fingerprint density at radius 1 is 0.818 bits per heavy atom. The summed E-state index contributed by atoms with van der Waals surface area (Å²) in [6.45, 7) is 2.24. The number of nitrogens with zero attached hydrogens (tertiary/aromatic N) is 1. The Labute approximate surface area is 200 Å². The Kier molecular flexibility index (Phi) is 5.47. The third kappa shape index (κ3) is 3.87. The number of pyridine rings is 1. The SMILES string of the molecule is Cc1ccc(-c2cc(CC3CCCCC3)ccn2)c2sc3c(-c4ccccc4)cccc3c12. The van der Waals surface area contributed by atoms with E-state index < -0.39 is 0 Å². The second kappa shape index (κ2) is 8.76. The molecule has 2 heterocycles. The van der Waals surface area contributed by atoms with Gasteiger partial charge in [0.25, 0.3) is 0 Å². The van der Waals surface area contributed by atoms with Crippen molar-refractivity contribution in [2.24, 2.45) is 5.92 Å². The molecule has 1 saturated carbocycles. The first kappa shape index (κ1) is 20.6. The zero-order valence-corrected chi connectivity index (χ0v) is 20.0. The van der Waals surface area contributed by atoms with E-state index in [9.17, 15) is 0 Å². The highest BCUT2D eigenvalue weighted by Gasteiger charge is 2.18. The maximum absolute atomic E-state index is 4.84. The van der Waals surface area contributed by atoms with Crippen LogP contribution < -0.4 is 0 Å². The average molecular weight is 448 g/mol. The molecule has 1 nitrogen and oxygen atoms in total. The summed E-state index contributed by atoms with van der Waals surface area (Å²) in [5, 5.41) is 2.74. The van der Waals surface area contributed by atoms with Crippen LogP contribution in [0.3, 0.4) is 0 Å². The van der Waals surface area contributed by atoms with Crippen LogP contribution in [0.15, 0.2) is 79.0 Å². The third-order valence-corrected chi connectivity index (χ3v) is 8.56. The predicted octanol–water partition coefficient (Wildman–Crippen LogP) is 9.21. The van der Waals surface area contributed by atoms with Crippen molar-refractivity contribution in [2.75, 3.05) is 0 Å². The van der Waals surface area contributed by atoms with Gasteiger partial charge in [-0.1, -0.05) is 92.8 Å². The molecule has 1 fully saturated rings. The summed E-state index contributed by atoms with van der Waals surface area (Å²) in [5.41, 5.74) is 7.75. The predicted molar refractivity (Wildman–Crippen MR) is 143 cm³/mol. The Balaban J connectivity index is 1.49. The van der Waals surface area contributed by atoms with Gasteiger partial charge in [-0.2, -0.15) is 0 Å². The standard InChI is InChI=1S/C31H29NS/c1-21-15-16-26(28-20-23(17-18-32-28)19-22-9-4-2-5-10-22)31-29(21)27-14-8-13-25(30(27)33-31)24-11-6-3-7-12-24/h3,6-8,11-18,20,22H,2,4-5,9-10,19H2,1H3. The van der Waals surface area contributed by atoms with Crippen LogP contribution in [0.5, 0.6) is 0 Å². The van der Waals surface area contributed by atoms with Gasteiger partial charge < -0.3 is 0 Å². The number of hydrogen-bond acceptors (Lipinski definition) is 2. The van der Waals surface area contributed by atoms with Gasteiger partial charge in [-0.05, 0) is 53.6 Å². The minimum atomic E-state index is 0.838. The van der Waals surface area contributed by atoms with Crippen LogP contribution in [0, 0.1) is 12.8 Å². The quantitative estimate of drug-likeness (QED) is 0.267. The van der Waals surface area contributed by atoms with Crippen LogP contribution in [0.4, 0.5) is 0 Å². The molecule has 33 heavy (non-hydrogen) atoms. The molecule has 0 atom stereocenters. The number of benzene rings is 3. The first-order valence-electron chi connectivity index (χ1n) is 12.2. The van der Waals surface area contributed by atoms with Gasteiger partial charge in [0, 0.05) is 31.9 Å². The van der Waals surface area contributed by atoms with E-state index in [1.165, 1.54) is 86.5 Å². The van der Waals surface area contributed by atoms with Crippen LogP contribution in [0.1, 0.15) is 43.2 Å². The Morgan fingerprint density at radius 3 is 2.52 bits per heavy atom. The fraction of sp³-hybridized carbons (Fsp3) is 0.258. The van der Waals surface area contributed by atoms with Crippen molar-refractivity contribution < 1.29 is 0 Å². The van der Waals surface area contributed by atoms with Crippen molar-refractivity contribution in [2.45, 2.75) is 45.4 Å². The lowest BCUT2D eigenvalue weighted by atomic mass is 9.85. The minimum Gasteiger partial charge on any atom is -0.256 e. The number of aryl methyl sites for hydroxylation is 1. The van der Waals surface area contributed by atoms with Gasteiger partial charge in [-0.25, -0.2) is 0 Å². The van der Waals surface area contributed by atoms with Crippen molar-refractivity contribution in [3.8, 4) is 22.4 Å². The maximum Gasteiger partial charge on any atom is 0.0719 e. The zero-order valence-electron chi connectivity index (χ0n) is 19.2. The fourth-order valence-electron chi connectivity index (χ4n) is 5.59. The van der Waals surface area contributed by atoms with E-state index in [-0.39, 0.29) is 0 Å². The Bertz CT molecular complexity index is 1420. The van der Waals surface area contributed by atoms with Gasteiger partial charge in [-0.3, -0.25) is 4.98 Å². The number of fused-ring (bicyclic) bond motifs is 3. The Hall–Kier alpha value is -2.97. The average Bonchev–Trinajstić information content (AvgIpc) is 3.26. The molecule has 0 amide bonds. The molecule has 0 unspecified atom stereocenters. The van der Waals surface area contributed by atoms with Crippen LogP contribution in [-0.2, 0) is 6.42 Å². The van der Waals surface area contributed by atoms with Gasteiger partial charge in [0.1, 0.15) is 0 Å². The summed E-state index contributed by atoms with van der Waals surface area (Å²) in [6.07, 6.45) is 10.2. The smallest absolute Gasteiger partial charge is 0.0719 e. The zero-order chi connectivity index (χ0) is 22.2. The molecule has 0 spiro atoms. The molecule has 5 aromatic rings. The van der Waals surface area contributed by atoms with E-state index in [0.29, 0.717) is 0 Å². The first-order chi connectivity index (χ1) is 16.3. The lowest BCUT2D eigenvalue weighted by molar-refractivity contribution is 0.356. The van der Waals surface area contributed by atoms with Crippen molar-refractivity contribution in [1.29, 1.82) is 0 Å². The van der Waals surface area contributed by atoms with Crippen molar-refractivity contribution in [3.63, 3.8) is 0 Å². The molecular formula is C31H29NS. The van der Waals surface area contributed by atoms with E-state index in [2.05, 4.69) is 79.7 Å². The lowest BCUT2D eigenvalue weighted by Gasteiger charge is -2.21. The maximum atomic E-state index is 4.84. The van der Waals surface area contributed by atoms with Gasteiger partial charge in [0.05, 0.1) is 5.69 Å². The normalized spacial score (nSPS) is 14.8. The molecular weight excluding hydrogens is 418 g/mol. The van der Waals surface area contributed by atoms with Gasteiger partial charge in [0.2, 0.25) is 0 Å². The van der Waals surface area contributed by atoms with E-state index >= 15 is 0 Å². The molecule has 1 aliphatic carbocycles. The highest BCUT2D eigenvalue weighted by molar-refractivity contribution is 7.26. The monoisotopic (exact) mass is 447 g/mol. The van der Waals surface area contributed by atoms with Crippen LogP contribution in [0.2, 0.25) is 0 Å². The Morgan fingerprint density at radius 2 is 1.67 bits per heavy atom. The summed E-state index contributed by atoms with van der Waals surface area (Å²) < 4.78 is 2.73. The van der Waals surface area contributed by atoms with E-state index in [4.69, 9.17) is 4.98 Å². The van der Waals surface area contributed by atoms with Gasteiger partial charge in [0.15, 0.2) is 0 Å². The molecule has 0 bridgehead atoms. The summed E-state index contributed by atoms with van der Waals surface area (Å²) in [7, 11) is 0. The largest absolute Gasteiger partial charge is 0.256 e. The lowest BCUT2D eigenvalue weighted by Crippen LogP contribution is -2.09. The molecule has 0 radical (unpaired) electrons. The molecule has 0 saturated heterocycles. The summed E-state index contributed by atoms with van der Waals surface area (Å²) in [6, 6.07) is 26.6. The third-order valence-electron chi connectivity index (χ3n) is 7.29. The summed E-state index contributed by atoms with van der Waals surface area (Å²) in [5.74, 6) is 0.838. The molecule has 164 valence electrons. The summed E-state index contributed by atoms with van der Waals surface area (Å²) >= 11 is 1.92. The molecule has 2 heteroatoms. The number of hydrogen-bond donors (Lipinski definition) is 0. The highest BCUT2D eigenvalue weighted by Crippen LogP contribution is 2.44. The topological polar surface area (TPSA) is 12.9 Å².